The van der Waals surface area contributed by atoms with Crippen molar-refractivity contribution in [2.75, 3.05) is 12.0 Å². The van der Waals surface area contributed by atoms with Crippen LogP contribution in [0.2, 0.25) is 0 Å². The van der Waals surface area contributed by atoms with Crippen molar-refractivity contribution in [1.29, 1.82) is 0 Å². The van der Waals surface area contributed by atoms with Gasteiger partial charge in [-0.1, -0.05) is 62.7 Å². The maximum Gasteiger partial charge on any atom is 0.251 e. The lowest BCUT2D eigenvalue weighted by molar-refractivity contribution is -0.115. The van der Waals surface area contributed by atoms with Crippen LogP contribution in [-0.2, 0) is 10.3 Å². The average Bonchev–Trinajstić information content (AvgIpc) is 3.10. The van der Waals surface area contributed by atoms with E-state index in [9.17, 15) is 4.79 Å². The Morgan fingerprint density at radius 3 is 2.55 bits per heavy atom. The van der Waals surface area contributed by atoms with Gasteiger partial charge in [-0.3, -0.25) is 9.69 Å². The molecule has 29 heavy (non-hydrogen) atoms. The predicted octanol–water partition coefficient (Wildman–Crippen LogP) is 6.82. The summed E-state index contributed by atoms with van der Waals surface area (Å²) in [5.74, 6) is 0.646. The standard InChI is InChI=1S/C23H21NO2S3/c1-14-5-7-15(8-6-14)9-12-19(25)24-18-13-16(26-4)10-11-17(18)20-21(23(24,2)3)28-29-22(20)27/h5-13H,1-4H3/b12-9+. The molecule has 0 unspecified atom stereocenters. The number of carbonyl (C=O) groups is 1. The molecule has 1 amide bonds. The van der Waals surface area contributed by atoms with E-state index in [0.29, 0.717) is 5.75 Å². The fraction of sp³-hybridized carbons (Fsp3) is 0.217. The lowest BCUT2D eigenvalue weighted by atomic mass is 9.87. The van der Waals surface area contributed by atoms with Crippen LogP contribution in [0, 0.1) is 10.7 Å². The van der Waals surface area contributed by atoms with Crippen LogP contribution in [0.25, 0.3) is 17.2 Å². The number of aryl methyl sites for hydroxylation is 1. The van der Waals surface area contributed by atoms with Gasteiger partial charge < -0.3 is 4.74 Å². The van der Waals surface area contributed by atoms with E-state index in [-0.39, 0.29) is 5.91 Å². The number of hydrogen-bond donors (Lipinski definition) is 0. The molecular formula is C23H21NO2S3. The summed E-state index contributed by atoms with van der Waals surface area (Å²) in [6.07, 6.45) is 3.51. The summed E-state index contributed by atoms with van der Waals surface area (Å²) in [5.41, 5.74) is 4.57. The highest BCUT2D eigenvalue weighted by Gasteiger charge is 2.42. The van der Waals surface area contributed by atoms with Crippen molar-refractivity contribution in [1.82, 2.24) is 0 Å². The van der Waals surface area contributed by atoms with Crippen LogP contribution in [0.1, 0.15) is 29.9 Å². The molecule has 0 saturated carbocycles. The van der Waals surface area contributed by atoms with Crippen molar-refractivity contribution in [3.8, 4) is 16.9 Å². The van der Waals surface area contributed by atoms with Gasteiger partial charge in [-0.15, -0.1) is 0 Å². The Morgan fingerprint density at radius 1 is 1.14 bits per heavy atom. The maximum absolute atomic E-state index is 13.4. The Bertz CT molecular complexity index is 1170. The van der Waals surface area contributed by atoms with E-state index in [2.05, 4.69) is 13.8 Å². The van der Waals surface area contributed by atoms with Gasteiger partial charge in [0.05, 0.1) is 23.2 Å². The molecule has 2 heterocycles. The maximum atomic E-state index is 13.4. The summed E-state index contributed by atoms with van der Waals surface area (Å²) < 4.78 is 6.31. The summed E-state index contributed by atoms with van der Waals surface area (Å²) in [7, 11) is 4.88. The molecule has 3 aromatic rings. The van der Waals surface area contributed by atoms with Gasteiger partial charge in [0.1, 0.15) is 9.57 Å². The third-order valence-corrected chi connectivity index (χ3v) is 8.51. The van der Waals surface area contributed by atoms with E-state index in [1.54, 1.807) is 33.9 Å². The molecule has 0 aliphatic carbocycles. The molecule has 148 valence electrons. The van der Waals surface area contributed by atoms with Crippen molar-refractivity contribution in [2.45, 2.75) is 26.3 Å². The molecule has 4 rings (SSSR count). The minimum Gasteiger partial charge on any atom is -0.497 e. The van der Waals surface area contributed by atoms with Crippen LogP contribution in [0.15, 0.2) is 48.5 Å². The van der Waals surface area contributed by atoms with Gasteiger partial charge in [0, 0.05) is 23.3 Å². The smallest absolute Gasteiger partial charge is 0.251 e. The molecule has 0 fully saturated rings. The Hall–Kier alpha value is -2.28. The highest BCUT2D eigenvalue weighted by molar-refractivity contribution is 7.80. The van der Waals surface area contributed by atoms with Gasteiger partial charge in [-0.25, -0.2) is 0 Å². The van der Waals surface area contributed by atoms with Crippen LogP contribution in [0.3, 0.4) is 0 Å². The molecule has 1 aliphatic rings. The second kappa shape index (κ2) is 7.52. The van der Waals surface area contributed by atoms with E-state index in [4.69, 9.17) is 17.0 Å². The zero-order chi connectivity index (χ0) is 20.8. The fourth-order valence-electron chi connectivity index (χ4n) is 3.65. The van der Waals surface area contributed by atoms with E-state index in [1.165, 1.54) is 5.56 Å². The Kier molecular flexibility index (Phi) is 5.19. The first-order valence-electron chi connectivity index (χ1n) is 9.24. The van der Waals surface area contributed by atoms with Gasteiger partial charge in [-0.05, 0) is 44.5 Å². The summed E-state index contributed by atoms with van der Waals surface area (Å²) in [6, 6.07) is 14.0. The second-order valence-corrected chi connectivity index (χ2v) is 10.3. The number of rotatable bonds is 3. The highest BCUT2D eigenvalue weighted by Crippen LogP contribution is 2.52. The monoisotopic (exact) mass is 439 g/mol. The van der Waals surface area contributed by atoms with Gasteiger partial charge in [0.15, 0.2) is 0 Å². The van der Waals surface area contributed by atoms with Gasteiger partial charge >= 0.3 is 0 Å². The van der Waals surface area contributed by atoms with Crippen LogP contribution >= 0.6 is 32.9 Å². The molecule has 0 saturated heterocycles. The second-order valence-electron chi connectivity index (χ2n) is 7.52. The third kappa shape index (κ3) is 3.45. The number of nitrogens with zero attached hydrogens (tertiary/aromatic N) is 1. The Balaban J connectivity index is 1.83. The summed E-state index contributed by atoms with van der Waals surface area (Å²) in [6.45, 7) is 6.19. The summed E-state index contributed by atoms with van der Waals surface area (Å²) >= 11 is 5.62. The van der Waals surface area contributed by atoms with E-state index >= 15 is 0 Å². The topological polar surface area (TPSA) is 29.5 Å². The summed E-state index contributed by atoms with van der Waals surface area (Å²) in [5, 5.41) is 0. The Morgan fingerprint density at radius 2 is 1.86 bits per heavy atom. The van der Waals surface area contributed by atoms with Crippen LogP contribution in [-0.4, -0.2) is 13.0 Å². The normalized spacial score (nSPS) is 14.6. The number of carbonyl (C=O) groups excluding carboxylic acids is 1. The first-order chi connectivity index (χ1) is 13.8. The number of benzene rings is 2. The third-order valence-electron chi connectivity index (χ3n) is 5.18. The zero-order valence-corrected chi connectivity index (χ0v) is 19.1. The van der Waals surface area contributed by atoms with E-state index < -0.39 is 5.54 Å². The minimum absolute atomic E-state index is 0.0694. The number of hydrogen-bond acceptors (Lipinski definition) is 5. The molecule has 0 atom stereocenters. The number of amides is 1. The lowest BCUT2D eigenvalue weighted by Gasteiger charge is -2.42. The van der Waals surface area contributed by atoms with Gasteiger partial charge in [-0.2, -0.15) is 0 Å². The Labute approximate surface area is 183 Å². The van der Waals surface area contributed by atoms with Crippen molar-refractivity contribution in [2.24, 2.45) is 0 Å². The molecular weight excluding hydrogens is 418 g/mol. The molecule has 1 aromatic heterocycles. The fourth-order valence-corrected chi connectivity index (χ4v) is 6.93. The van der Waals surface area contributed by atoms with Gasteiger partial charge in [0.2, 0.25) is 0 Å². The zero-order valence-electron chi connectivity index (χ0n) is 16.7. The lowest BCUT2D eigenvalue weighted by Crippen LogP contribution is -2.47. The van der Waals surface area contributed by atoms with E-state index in [1.807, 2.05) is 60.4 Å². The average molecular weight is 440 g/mol. The first kappa shape index (κ1) is 20.0. The minimum atomic E-state index is -0.512. The van der Waals surface area contributed by atoms with Gasteiger partial charge in [0.25, 0.3) is 5.91 Å². The molecule has 6 heteroatoms. The van der Waals surface area contributed by atoms with Crippen molar-refractivity contribution >= 4 is 50.6 Å². The number of methoxy groups -OCH3 is 1. The number of anilines is 1. The first-order valence-corrected chi connectivity index (χ1v) is 11.8. The van der Waals surface area contributed by atoms with Crippen molar-refractivity contribution < 1.29 is 9.53 Å². The molecule has 0 spiro atoms. The molecule has 2 aromatic carbocycles. The van der Waals surface area contributed by atoms with E-state index in [0.717, 1.165) is 31.1 Å². The number of fused-ring (bicyclic) bond motifs is 3. The largest absolute Gasteiger partial charge is 0.497 e. The predicted molar refractivity (Wildman–Crippen MR) is 126 cm³/mol. The molecule has 3 nitrogen and oxygen atoms in total. The molecule has 0 N–H and O–H groups in total. The molecule has 1 aliphatic heterocycles. The van der Waals surface area contributed by atoms with Crippen molar-refractivity contribution in [3.63, 3.8) is 0 Å². The quantitative estimate of drug-likeness (QED) is 0.255. The van der Waals surface area contributed by atoms with Crippen LogP contribution < -0.4 is 9.64 Å². The highest BCUT2D eigenvalue weighted by atomic mass is 32.9. The van der Waals surface area contributed by atoms with Crippen molar-refractivity contribution in [3.05, 3.63) is 68.4 Å². The number of ether oxygens (including phenoxy) is 1. The van der Waals surface area contributed by atoms with Crippen LogP contribution in [0.4, 0.5) is 5.69 Å². The summed E-state index contributed by atoms with van der Waals surface area (Å²) in [4.78, 5) is 16.4. The molecule has 0 radical (unpaired) electrons. The molecule has 0 bridgehead atoms. The SMILES string of the molecule is COc1ccc2c(c1)N(C(=O)/C=C/c1ccc(C)cc1)C(C)(C)c1ssc(=S)c1-2. The van der Waals surface area contributed by atoms with Crippen LogP contribution in [0.5, 0.6) is 5.75 Å².